The molecular formula is C11H6BrNO. The van der Waals surface area contributed by atoms with Crippen molar-refractivity contribution >= 4 is 37.9 Å². The Morgan fingerprint density at radius 2 is 2.07 bits per heavy atom. The Bertz CT molecular complexity index is 615. The summed E-state index contributed by atoms with van der Waals surface area (Å²) in [7, 11) is 0. The monoisotopic (exact) mass is 247 g/mol. The van der Waals surface area contributed by atoms with E-state index in [1.807, 2.05) is 30.5 Å². The van der Waals surface area contributed by atoms with Crippen molar-refractivity contribution < 1.29 is 4.42 Å². The van der Waals surface area contributed by atoms with Crippen molar-refractivity contribution in [3.8, 4) is 0 Å². The number of aromatic nitrogens is 1. The number of nitrogens with zero attached hydrogens (tertiary/aromatic N) is 1. The lowest BCUT2D eigenvalue weighted by Crippen LogP contribution is -1.69. The van der Waals surface area contributed by atoms with Crippen LogP contribution in [0.25, 0.3) is 21.9 Å². The van der Waals surface area contributed by atoms with Crippen LogP contribution in [0.15, 0.2) is 45.5 Å². The minimum Gasteiger partial charge on any atom is -0.455 e. The van der Waals surface area contributed by atoms with Gasteiger partial charge in [-0.1, -0.05) is 12.1 Å². The van der Waals surface area contributed by atoms with Gasteiger partial charge in [-0.15, -0.1) is 0 Å². The van der Waals surface area contributed by atoms with Crippen molar-refractivity contribution in [3.63, 3.8) is 0 Å². The van der Waals surface area contributed by atoms with E-state index >= 15 is 0 Å². The first-order valence-corrected chi connectivity index (χ1v) is 5.06. The molecule has 0 saturated carbocycles. The average molecular weight is 248 g/mol. The molecule has 0 N–H and O–H groups in total. The van der Waals surface area contributed by atoms with Crippen molar-refractivity contribution in [2.45, 2.75) is 0 Å². The van der Waals surface area contributed by atoms with E-state index in [9.17, 15) is 0 Å². The van der Waals surface area contributed by atoms with E-state index in [4.69, 9.17) is 4.42 Å². The molecule has 0 amide bonds. The SMILES string of the molecule is Brc1cccc2c1oc1ccncc12. The molecule has 3 aromatic rings. The largest absolute Gasteiger partial charge is 0.455 e. The lowest BCUT2D eigenvalue weighted by molar-refractivity contribution is 0.666. The van der Waals surface area contributed by atoms with Gasteiger partial charge in [-0.2, -0.15) is 0 Å². The van der Waals surface area contributed by atoms with Gasteiger partial charge >= 0.3 is 0 Å². The van der Waals surface area contributed by atoms with Crippen molar-refractivity contribution in [1.82, 2.24) is 4.98 Å². The van der Waals surface area contributed by atoms with Gasteiger partial charge in [0.15, 0.2) is 0 Å². The van der Waals surface area contributed by atoms with E-state index in [1.54, 1.807) is 6.20 Å². The summed E-state index contributed by atoms with van der Waals surface area (Å²) in [6.45, 7) is 0. The second kappa shape index (κ2) is 2.82. The van der Waals surface area contributed by atoms with Crippen LogP contribution >= 0.6 is 15.9 Å². The van der Waals surface area contributed by atoms with E-state index in [0.29, 0.717) is 0 Å². The fourth-order valence-corrected chi connectivity index (χ4v) is 2.05. The number of hydrogen-bond donors (Lipinski definition) is 0. The predicted molar refractivity (Wildman–Crippen MR) is 59.2 cm³/mol. The first kappa shape index (κ1) is 8.00. The molecule has 2 aromatic heterocycles. The zero-order chi connectivity index (χ0) is 9.54. The molecule has 2 nitrogen and oxygen atoms in total. The molecule has 3 heteroatoms. The number of benzene rings is 1. The molecule has 0 fully saturated rings. The van der Waals surface area contributed by atoms with Crippen molar-refractivity contribution in [2.24, 2.45) is 0 Å². The maximum atomic E-state index is 5.70. The predicted octanol–water partition coefficient (Wildman–Crippen LogP) is 3.74. The molecular weight excluding hydrogens is 242 g/mol. The van der Waals surface area contributed by atoms with Crippen LogP contribution < -0.4 is 0 Å². The fraction of sp³-hybridized carbons (Fsp3) is 0. The number of para-hydroxylation sites is 1. The topological polar surface area (TPSA) is 26.0 Å². The number of pyridine rings is 1. The van der Waals surface area contributed by atoms with Gasteiger partial charge in [-0.25, -0.2) is 0 Å². The average Bonchev–Trinajstić information content (AvgIpc) is 2.59. The van der Waals surface area contributed by atoms with Gasteiger partial charge < -0.3 is 4.42 Å². The molecule has 0 aliphatic rings. The molecule has 0 atom stereocenters. The van der Waals surface area contributed by atoms with Crippen molar-refractivity contribution in [1.29, 1.82) is 0 Å². The Morgan fingerprint density at radius 1 is 1.14 bits per heavy atom. The third kappa shape index (κ3) is 0.990. The van der Waals surface area contributed by atoms with Crippen molar-refractivity contribution in [3.05, 3.63) is 41.1 Å². The van der Waals surface area contributed by atoms with Gasteiger partial charge in [0.1, 0.15) is 11.2 Å². The Labute approximate surface area is 88.7 Å². The number of halogens is 1. The molecule has 0 aliphatic heterocycles. The number of furan rings is 1. The summed E-state index contributed by atoms with van der Waals surface area (Å²) in [5.74, 6) is 0. The minimum absolute atomic E-state index is 0.877. The highest BCUT2D eigenvalue weighted by Gasteiger charge is 2.07. The van der Waals surface area contributed by atoms with E-state index < -0.39 is 0 Å². The van der Waals surface area contributed by atoms with Gasteiger partial charge in [-0.05, 0) is 28.1 Å². The lowest BCUT2D eigenvalue weighted by Gasteiger charge is -1.89. The quantitative estimate of drug-likeness (QED) is 0.605. The molecule has 0 saturated heterocycles. The van der Waals surface area contributed by atoms with Gasteiger partial charge in [0, 0.05) is 23.2 Å². The zero-order valence-corrected chi connectivity index (χ0v) is 8.78. The normalized spacial score (nSPS) is 11.2. The first-order chi connectivity index (χ1) is 6.86. The fourth-order valence-electron chi connectivity index (χ4n) is 1.61. The molecule has 0 aliphatic carbocycles. The van der Waals surface area contributed by atoms with Gasteiger partial charge in [0.2, 0.25) is 0 Å². The molecule has 3 rings (SSSR count). The Hall–Kier alpha value is -1.35. The summed E-state index contributed by atoms with van der Waals surface area (Å²) in [4.78, 5) is 4.09. The molecule has 0 bridgehead atoms. The second-order valence-electron chi connectivity index (χ2n) is 3.09. The maximum absolute atomic E-state index is 5.70. The smallest absolute Gasteiger partial charge is 0.149 e. The summed E-state index contributed by atoms with van der Waals surface area (Å²) in [5.41, 5.74) is 1.76. The molecule has 14 heavy (non-hydrogen) atoms. The summed E-state index contributed by atoms with van der Waals surface area (Å²) in [6.07, 6.45) is 3.56. The minimum atomic E-state index is 0.877. The van der Waals surface area contributed by atoms with Gasteiger partial charge in [-0.3, -0.25) is 4.98 Å². The molecule has 2 heterocycles. The number of rotatable bonds is 0. The lowest BCUT2D eigenvalue weighted by atomic mass is 10.2. The van der Waals surface area contributed by atoms with Crippen LogP contribution in [0.1, 0.15) is 0 Å². The third-order valence-corrected chi connectivity index (χ3v) is 2.87. The summed E-state index contributed by atoms with van der Waals surface area (Å²) in [5, 5.41) is 2.16. The van der Waals surface area contributed by atoms with Gasteiger partial charge in [0.25, 0.3) is 0 Å². The van der Waals surface area contributed by atoms with Crippen LogP contribution in [0.5, 0.6) is 0 Å². The van der Waals surface area contributed by atoms with Crippen LogP contribution in [0.3, 0.4) is 0 Å². The summed E-state index contributed by atoms with van der Waals surface area (Å²) in [6, 6.07) is 7.88. The van der Waals surface area contributed by atoms with Crippen molar-refractivity contribution in [2.75, 3.05) is 0 Å². The van der Waals surface area contributed by atoms with Crippen LogP contribution in [0, 0.1) is 0 Å². The van der Waals surface area contributed by atoms with Crippen LogP contribution in [0.4, 0.5) is 0 Å². The second-order valence-corrected chi connectivity index (χ2v) is 3.94. The highest BCUT2D eigenvalue weighted by atomic mass is 79.9. The molecule has 0 unspecified atom stereocenters. The Morgan fingerprint density at radius 3 is 3.00 bits per heavy atom. The van der Waals surface area contributed by atoms with E-state index in [-0.39, 0.29) is 0 Å². The zero-order valence-electron chi connectivity index (χ0n) is 7.20. The molecule has 68 valence electrons. The van der Waals surface area contributed by atoms with Crippen LogP contribution in [0.2, 0.25) is 0 Å². The molecule has 0 spiro atoms. The molecule has 1 aromatic carbocycles. The van der Waals surface area contributed by atoms with E-state index in [0.717, 1.165) is 26.4 Å². The third-order valence-electron chi connectivity index (χ3n) is 2.25. The Kier molecular flexibility index (Phi) is 1.61. The van der Waals surface area contributed by atoms with Crippen LogP contribution in [-0.4, -0.2) is 4.98 Å². The Balaban J connectivity index is 2.63. The standard InChI is InChI=1S/C11H6BrNO/c12-9-3-1-2-7-8-6-13-5-4-10(8)14-11(7)9/h1-6H. The number of fused-ring (bicyclic) bond motifs is 3. The first-order valence-electron chi connectivity index (χ1n) is 4.27. The van der Waals surface area contributed by atoms with Crippen LogP contribution in [-0.2, 0) is 0 Å². The number of hydrogen-bond acceptors (Lipinski definition) is 2. The molecule has 0 radical (unpaired) electrons. The van der Waals surface area contributed by atoms with E-state index in [1.165, 1.54) is 0 Å². The maximum Gasteiger partial charge on any atom is 0.149 e. The highest BCUT2D eigenvalue weighted by Crippen LogP contribution is 2.32. The summed E-state index contributed by atoms with van der Waals surface area (Å²) >= 11 is 3.46. The highest BCUT2D eigenvalue weighted by molar-refractivity contribution is 9.10. The summed E-state index contributed by atoms with van der Waals surface area (Å²) < 4.78 is 6.67. The van der Waals surface area contributed by atoms with E-state index in [2.05, 4.69) is 20.9 Å². The van der Waals surface area contributed by atoms with Gasteiger partial charge in [0.05, 0.1) is 4.47 Å².